The zero-order valence-electron chi connectivity index (χ0n) is 13.5. The summed E-state index contributed by atoms with van der Waals surface area (Å²) < 4.78 is 6.95. The zero-order chi connectivity index (χ0) is 16.2. The van der Waals surface area contributed by atoms with E-state index in [9.17, 15) is 9.59 Å². The van der Waals surface area contributed by atoms with Crippen molar-refractivity contribution in [1.29, 1.82) is 0 Å². The molecule has 1 aliphatic rings. The number of carbonyl (C=O) groups excluding carboxylic acids is 2. The molecule has 0 spiro atoms. The second-order valence-electron chi connectivity index (χ2n) is 5.71. The Balaban J connectivity index is 2.07. The standard InChI is InChI=1S/C15H24N4O3/c1-16-14(21)15(11-22-3)7-4-8-19(15)13(20)6-5-12-9-17-18(2)10-12/h9-10H,4-8,11H2,1-3H3,(H,16,21). The number of likely N-dealkylation sites (N-methyl/N-ethyl adjacent to an activating group) is 1. The molecule has 1 N–H and O–H groups in total. The van der Waals surface area contributed by atoms with Crippen LogP contribution in [0.3, 0.4) is 0 Å². The first kappa shape index (κ1) is 16.5. The Bertz CT molecular complexity index is 543. The van der Waals surface area contributed by atoms with E-state index in [0.717, 1.165) is 12.0 Å². The molecule has 1 aromatic heterocycles. The highest BCUT2D eigenvalue weighted by atomic mass is 16.5. The van der Waals surface area contributed by atoms with Gasteiger partial charge in [-0.1, -0.05) is 0 Å². The lowest BCUT2D eigenvalue weighted by Gasteiger charge is -2.36. The van der Waals surface area contributed by atoms with Crippen molar-refractivity contribution in [3.05, 3.63) is 18.0 Å². The van der Waals surface area contributed by atoms with Gasteiger partial charge in [0.05, 0.1) is 12.8 Å². The third-order valence-electron chi connectivity index (χ3n) is 4.21. The summed E-state index contributed by atoms with van der Waals surface area (Å²) in [4.78, 5) is 26.6. The van der Waals surface area contributed by atoms with Crippen LogP contribution >= 0.6 is 0 Å². The van der Waals surface area contributed by atoms with Crippen LogP contribution in [0.4, 0.5) is 0 Å². The van der Waals surface area contributed by atoms with E-state index < -0.39 is 5.54 Å². The maximum Gasteiger partial charge on any atom is 0.248 e. The van der Waals surface area contributed by atoms with Gasteiger partial charge < -0.3 is 15.0 Å². The number of ether oxygens (including phenoxy) is 1. The molecule has 1 aliphatic heterocycles. The van der Waals surface area contributed by atoms with Crippen molar-refractivity contribution in [2.75, 3.05) is 27.3 Å². The average Bonchev–Trinajstić information content (AvgIpc) is 3.11. The van der Waals surface area contributed by atoms with Crippen molar-refractivity contribution in [3.63, 3.8) is 0 Å². The smallest absolute Gasteiger partial charge is 0.248 e. The van der Waals surface area contributed by atoms with E-state index in [1.54, 1.807) is 29.9 Å². The van der Waals surface area contributed by atoms with Crippen molar-refractivity contribution in [2.24, 2.45) is 7.05 Å². The molecule has 0 aliphatic carbocycles. The predicted octanol–water partition coefficient (Wildman–Crippen LogP) is 0.106. The van der Waals surface area contributed by atoms with Gasteiger partial charge in [-0.3, -0.25) is 14.3 Å². The lowest BCUT2D eigenvalue weighted by molar-refractivity contribution is -0.148. The fourth-order valence-electron chi connectivity index (χ4n) is 3.15. The van der Waals surface area contributed by atoms with Crippen molar-refractivity contribution < 1.29 is 14.3 Å². The van der Waals surface area contributed by atoms with Crippen LogP contribution in [-0.4, -0.2) is 59.3 Å². The summed E-state index contributed by atoms with van der Waals surface area (Å²) in [6.07, 6.45) is 6.11. The van der Waals surface area contributed by atoms with Gasteiger partial charge in [-0.2, -0.15) is 5.10 Å². The second kappa shape index (κ2) is 6.91. The maximum atomic E-state index is 12.6. The molecular formula is C15H24N4O3. The highest BCUT2D eigenvalue weighted by molar-refractivity contribution is 5.92. The lowest BCUT2D eigenvalue weighted by Crippen LogP contribution is -2.59. The van der Waals surface area contributed by atoms with Gasteiger partial charge >= 0.3 is 0 Å². The number of methoxy groups -OCH3 is 1. The minimum Gasteiger partial charge on any atom is -0.382 e. The third kappa shape index (κ3) is 3.14. The minimum atomic E-state index is -0.866. The highest BCUT2D eigenvalue weighted by Gasteiger charge is 2.49. The van der Waals surface area contributed by atoms with E-state index in [2.05, 4.69) is 10.4 Å². The van der Waals surface area contributed by atoms with Gasteiger partial charge in [0, 0.05) is 40.4 Å². The van der Waals surface area contributed by atoms with E-state index in [0.29, 0.717) is 25.8 Å². The number of hydrogen-bond acceptors (Lipinski definition) is 4. The number of aryl methyl sites for hydroxylation is 2. The van der Waals surface area contributed by atoms with Gasteiger partial charge in [-0.25, -0.2) is 0 Å². The van der Waals surface area contributed by atoms with Crippen LogP contribution < -0.4 is 5.32 Å². The van der Waals surface area contributed by atoms with Crippen molar-refractivity contribution >= 4 is 11.8 Å². The molecule has 1 atom stereocenters. The predicted molar refractivity (Wildman–Crippen MR) is 81.1 cm³/mol. The number of carbonyl (C=O) groups is 2. The largest absolute Gasteiger partial charge is 0.382 e. The molecule has 2 heterocycles. The molecule has 2 rings (SSSR count). The first-order valence-corrected chi connectivity index (χ1v) is 7.52. The van der Waals surface area contributed by atoms with Gasteiger partial charge in [0.15, 0.2) is 0 Å². The Morgan fingerprint density at radius 1 is 1.50 bits per heavy atom. The molecule has 0 aromatic carbocycles. The SMILES string of the molecule is CNC(=O)C1(COC)CCCN1C(=O)CCc1cnn(C)c1. The Kier molecular flexibility index (Phi) is 5.18. The van der Waals surface area contributed by atoms with Gasteiger partial charge in [0.2, 0.25) is 11.8 Å². The number of nitrogens with zero attached hydrogens (tertiary/aromatic N) is 3. The Hall–Kier alpha value is -1.89. The monoisotopic (exact) mass is 308 g/mol. The molecule has 7 heteroatoms. The molecule has 1 fully saturated rings. The quantitative estimate of drug-likeness (QED) is 0.809. The molecule has 0 saturated carbocycles. The average molecular weight is 308 g/mol. The summed E-state index contributed by atoms with van der Waals surface area (Å²) >= 11 is 0. The van der Waals surface area contributed by atoms with E-state index in [1.165, 1.54) is 0 Å². The number of rotatable bonds is 6. The van der Waals surface area contributed by atoms with E-state index >= 15 is 0 Å². The molecule has 0 bridgehead atoms. The Labute approximate surface area is 130 Å². The summed E-state index contributed by atoms with van der Waals surface area (Å²) in [5.41, 5.74) is 0.155. The molecule has 122 valence electrons. The first-order chi connectivity index (χ1) is 10.5. The molecule has 0 radical (unpaired) electrons. The number of aromatic nitrogens is 2. The fraction of sp³-hybridized carbons (Fsp3) is 0.667. The molecular weight excluding hydrogens is 284 g/mol. The van der Waals surface area contributed by atoms with Crippen molar-refractivity contribution in [3.8, 4) is 0 Å². The van der Waals surface area contributed by atoms with Crippen LogP contribution in [0.1, 0.15) is 24.8 Å². The van der Waals surface area contributed by atoms with Gasteiger partial charge in [0.1, 0.15) is 5.54 Å². The zero-order valence-corrected chi connectivity index (χ0v) is 13.5. The van der Waals surface area contributed by atoms with Gasteiger partial charge in [0.25, 0.3) is 0 Å². The van der Waals surface area contributed by atoms with Crippen molar-refractivity contribution in [2.45, 2.75) is 31.2 Å². The normalized spacial score (nSPS) is 21.1. The summed E-state index contributed by atoms with van der Waals surface area (Å²) in [6.45, 7) is 0.827. The van der Waals surface area contributed by atoms with Crippen LogP contribution in [0.25, 0.3) is 0 Å². The summed E-state index contributed by atoms with van der Waals surface area (Å²) in [5, 5.41) is 6.77. The molecule has 1 saturated heterocycles. The van der Waals surface area contributed by atoms with E-state index in [1.807, 2.05) is 13.2 Å². The van der Waals surface area contributed by atoms with E-state index in [-0.39, 0.29) is 18.4 Å². The van der Waals surface area contributed by atoms with Crippen LogP contribution in [-0.2, 0) is 27.8 Å². The second-order valence-corrected chi connectivity index (χ2v) is 5.71. The molecule has 1 aromatic rings. The number of hydrogen-bond donors (Lipinski definition) is 1. The molecule has 22 heavy (non-hydrogen) atoms. The van der Waals surface area contributed by atoms with Gasteiger partial charge in [-0.15, -0.1) is 0 Å². The molecule has 1 unspecified atom stereocenters. The first-order valence-electron chi connectivity index (χ1n) is 7.52. The highest BCUT2D eigenvalue weighted by Crippen LogP contribution is 2.31. The topological polar surface area (TPSA) is 76.5 Å². The van der Waals surface area contributed by atoms with E-state index in [4.69, 9.17) is 4.74 Å². The molecule has 2 amide bonds. The van der Waals surface area contributed by atoms with Crippen LogP contribution in [0.5, 0.6) is 0 Å². The van der Waals surface area contributed by atoms with Crippen LogP contribution in [0, 0.1) is 0 Å². The number of nitrogens with one attached hydrogen (secondary N) is 1. The molecule has 7 nitrogen and oxygen atoms in total. The van der Waals surface area contributed by atoms with Crippen molar-refractivity contribution in [1.82, 2.24) is 20.0 Å². The summed E-state index contributed by atoms with van der Waals surface area (Å²) in [5.74, 6) is -0.163. The third-order valence-corrected chi connectivity index (χ3v) is 4.21. The van der Waals surface area contributed by atoms with Gasteiger partial charge in [-0.05, 0) is 24.8 Å². The Morgan fingerprint density at radius 2 is 2.27 bits per heavy atom. The summed E-state index contributed by atoms with van der Waals surface area (Å²) in [6, 6.07) is 0. The maximum absolute atomic E-state index is 12.6. The minimum absolute atomic E-state index is 0.0120. The van der Waals surface area contributed by atoms with Crippen LogP contribution in [0.2, 0.25) is 0 Å². The number of amides is 2. The lowest BCUT2D eigenvalue weighted by atomic mass is 9.95. The van der Waals surface area contributed by atoms with Crippen LogP contribution in [0.15, 0.2) is 12.4 Å². The fourth-order valence-corrected chi connectivity index (χ4v) is 3.15. The summed E-state index contributed by atoms with van der Waals surface area (Å²) in [7, 11) is 5.00. The number of likely N-dealkylation sites (tertiary alicyclic amines) is 1. The Morgan fingerprint density at radius 3 is 2.86 bits per heavy atom.